The van der Waals surface area contributed by atoms with E-state index in [0.29, 0.717) is 21.6 Å². The lowest BCUT2D eigenvalue weighted by molar-refractivity contribution is 0.0737. The molecule has 1 aromatic heterocycles. The number of halogens is 3. The average molecular weight is 562 g/mol. The predicted molar refractivity (Wildman–Crippen MR) is 150 cm³/mol. The fraction of sp³-hybridized carbons (Fsp3) is 0.296. The van der Waals surface area contributed by atoms with Crippen molar-refractivity contribution in [2.24, 2.45) is 0 Å². The summed E-state index contributed by atoms with van der Waals surface area (Å²) < 4.78 is 12.2. The molecular weight excluding hydrogens is 535 g/mol. The van der Waals surface area contributed by atoms with Gasteiger partial charge in [0.15, 0.2) is 14.1 Å². The summed E-state index contributed by atoms with van der Waals surface area (Å²) in [6.45, 7) is 13.2. The molecule has 0 amide bonds. The van der Waals surface area contributed by atoms with Crippen molar-refractivity contribution >= 4 is 71.2 Å². The van der Waals surface area contributed by atoms with Crippen LogP contribution in [0.15, 0.2) is 48.5 Å². The van der Waals surface area contributed by atoms with Gasteiger partial charge in [0.1, 0.15) is 5.52 Å². The second kappa shape index (κ2) is 9.91. The van der Waals surface area contributed by atoms with Gasteiger partial charge >= 0.3 is 5.97 Å². The van der Waals surface area contributed by atoms with Crippen LogP contribution in [-0.4, -0.2) is 24.3 Å². The minimum absolute atomic E-state index is 0.0392. The van der Waals surface area contributed by atoms with Gasteiger partial charge < -0.3 is 9.16 Å². The van der Waals surface area contributed by atoms with Crippen LogP contribution >= 0.6 is 34.8 Å². The lowest BCUT2D eigenvalue weighted by atomic mass is 10.1. The molecule has 1 heterocycles. The van der Waals surface area contributed by atoms with Crippen molar-refractivity contribution in [1.29, 1.82) is 0 Å². The summed E-state index contributed by atoms with van der Waals surface area (Å²) in [7, 11) is -2.01. The number of para-hydroxylation sites is 2. The quantitative estimate of drug-likeness (QED) is 0.105. The van der Waals surface area contributed by atoms with Crippen LogP contribution in [0.1, 0.15) is 49.7 Å². The maximum Gasteiger partial charge on any atom is 0.345 e. The fourth-order valence-corrected chi connectivity index (χ4v) is 5.95. The molecule has 0 aliphatic carbocycles. The molecule has 0 unspecified atom stereocenters. The normalized spacial score (nSPS) is 13.2. The van der Waals surface area contributed by atoms with E-state index in [9.17, 15) is 4.79 Å². The van der Waals surface area contributed by atoms with Crippen molar-refractivity contribution in [2.45, 2.75) is 51.9 Å². The molecule has 188 valence electrons. The fourth-order valence-electron chi connectivity index (χ4n) is 3.69. The molecule has 4 aromatic rings. The minimum atomic E-state index is -2.01. The van der Waals surface area contributed by atoms with Crippen molar-refractivity contribution in [3.8, 4) is 5.75 Å². The zero-order valence-electron chi connectivity index (χ0n) is 20.9. The molecule has 0 radical (unpaired) electrons. The molecule has 0 saturated carbocycles. The average Bonchev–Trinajstić information content (AvgIpc) is 2.78. The van der Waals surface area contributed by atoms with Gasteiger partial charge in [0.2, 0.25) is 0 Å². The van der Waals surface area contributed by atoms with E-state index >= 15 is 0 Å². The van der Waals surface area contributed by atoms with Gasteiger partial charge in [0, 0.05) is 10.6 Å². The maximum atomic E-state index is 13.1. The summed E-state index contributed by atoms with van der Waals surface area (Å²) in [5, 5.41) is 0.695. The largest absolute Gasteiger partial charge is 0.420 e. The third-order valence-electron chi connectivity index (χ3n) is 6.62. The Bertz CT molecular complexity index is 1460. The standard InChI is InChI=1S/C27H27Cl3N2O3Si/c1-15(35-36(5,6)27(2,3)4)17-9-7-11-21-23(17)31-22-12-8-10-18(24(22)32-21)26(33)34-25-19(29)13-16(28)14-20(25)30/h7-15H,1-6H3/t15-/m1/s1. The minimum Gasteiger partial charge on any atom is -0.420 e. The summed E-state index contributed by atoms with van der Waals surface area (Å²) in [4.78, 5) is 22.8. The highest BCUT2D eigenvalue weighted by Gasteiger charge is 2.39. The smallest absolute Gasteiger partial charge is 0.345 e. The van der Waals surface area contributed by atoms with Crippen molar-refractivity contribution in [3.05, 3.63) is 74.7 Å². The van der Waals surface area contributed by atoms with Crippen LogP contribution in [-0.2, 0) is 4.43 Å². The molecule has 3 aromatic carbocycles. The van der Waals surface area contributed by atoms with E-state index in [4.69, 9.17) is 53.9 Å². The Morgan fingerprint density at radius 2 is 1.47 bits per heavy atom. The third-order valence-corrected chi connectivity index (χ3v) is 12.0. The number of hydrogen-bond donors (Lipinski definition) is 0. The molecule has 0 aliphatic heterocycles. The number of carbonyl (C=O) groups is 1. The molecular formula is C27H27Cl3N2O3Si. The van der Waals surface area contributed by atoms with Crippen LogP contribution in [0.25, 0.3) is 22.1 Å². The Balaban J connectivity index is 1.75. The molecule has 0 N–H and O–H groups in total. The number of nitrogens with zero attached hydrogens (tertiary/aromatic N) is 2. The molecule has 0 fully saturated rings. The van der Waals surface area contributed by atoms with Crippen molar-refractivity contribution < 1.29 is 14.0 Å². The van der Waals surface area contributed by atoms with Crippen molar-refractivity contribution in [1.82, 2.24) is 9.97 Å². The number of aromatic nitrogens is 2. The summed E-state index contributed by atoms with van der Waals surface area (Å²) in [6, 6.07) is 13.9. The van der Waals surface area contributed by atoms with E-state index in [1.807, 2.05) is 24.3 Å². The Hall–Kier alpha value is -2.22. The Morgan fingerprint density at radius 3 is 2.08 bits per heavy atom. The van der Waals surface area contributed by atoms with E-state index < -0.39 is 14.3 Å². The third kappa shape index (κ3) is 5.24. The van der Waals surface area contributed by atoms with Gasteiger partial charge in [0.05, 0.1) is 38.3 Å². The van der Waals surface area contributed by atoms with E-state index in [2.05, 4.69) is 40.8 Å². The lowest BCUT2D eigenvalue weighted by Crippen LogP contribution is -2.41. The monoisotopic (exact) mass is 560 g/mol. The van der Waals surface area contributed by atoms with Gasteiger partial charge in [-0.1, -0.05) is 73.8 Å². The number of benzene rings is 3. The van der Waals surface area contributed by atoms with Gasteiger partial charge in [-0.25, -0.2) is 14.8 Å². The first kappa shape index (κ1) is 26.8. The van der Waals surface area contributed by atoms with E-state index in [-0.39, 0.29) is 32.5 Å². The number of rotatable bonds is 5. The number of hydrogen-bond acceptors (Lipinski definition) is 5. The van der Waals surface area contributed by atoms with Gasteiger partial charge in [-0.15, -0.1) is 0 Å². The molecule has 0 saturated heterocycles. The first-order chi connectivity index (χ1) is 16.8. The highest BCUT2D eigenvalue weighted by atomic mass is 35.5. The summed E-state index contributed by atoms with van der Waals surface area (Å²) >= 11 is 18.4. The predicted octanol–water partition coefficient (Wildman–Crippen LogP) is 9.05. The SMILES string of the molecule is C[C@@H](O[Si](C)(C)C(C)(C)C)c1cccc2nc3c(C(=O)Oc4c(Cl)cc(Cl)cc4Cl)cccc3nc12. The summed E-state index contributed by atoms with van der Waals surface area (Å²) in [5.41, 5.74) is 3.60. The van der Waals surface area contributed by atoms with Crippen LogP contribution in [0.3, 0.4) is 0 Å². The number of esters is 1. The zero-order chi connectivity index (χ0) is 26.4. The van der Waals surface area contributed by atoms with Gasteiger partial charge in [0.25, 0.3) is 0 Å². The van der Waals surface area contributed by atoms with Gasteiger partial charge in [-0.2, -0.15) is 0 Å². The first-order valence-electron chi connectivity index (χ1n) is 11.5. The topological polar surface area (TPSA) is 61.3 Å². The summed E-state index contributed by atoms with van der Waals surface area (Å²) in [5.74, 6) is -0.608. The molecule has 1 atom stereocenters. The molecule has 9 heteroatoms. The second-order valence-electron chi connectivity index (χ2n) is 10.2. The molecule has 36 heavy (non-hydrogen) atoms. The van der Waals surface area contributed by atoms with E-state index in [1.54, 1.807) is 12.1 Å². The molecule has 4 rings (SSSR count). The van der Waals surface area contributed by atoms with E-state index in [0.717, 1.165) is 11.1 Å². The van der Waals surface area contributed by atoms with Crippen molar-refractivity contribution in [3.63, 3.8) is 0 Å². The number of carbonyl (C=O) groups excluding carboxylic acids is 1. The Kier molecular flexibility index (Phi) is 7.39. The van der Waals surface area contributed by atoms with Crippen LogP contribution < -0.4 is 4.74 Å². The Labute approximate surface area is 226 Å². The summed E-state index contributed by atoms with van der Waals surface area (Å²) in [6.07, 6.45) is -0.163. The van der Waals surface area contributed by atoms with Crippen LogP contribution in [0.2, 0.25) is 33.2 Å². The molecule has 0 spiro atoms. The highest BCUT2D eigenvalue weighted by molar-refractivity contribution is 6.74. The van der Waals surface area contributed by atoms with Crippen LogP contribution in [0, 0.1) is 0 Å². The zero-order valence-corrected chi connectivity index (χ0v) is 24.2. The van der Waals surface area contributed by atoms with E-state index in [1.165, 1.54) is 12.1 Å². The van der Waals surface area contributed by atoms with Crippen LogP contribution in [0.4, 0.5) is 0 Å². The van der Waals surface area contributed by atoms with Crippen LogP contribution in [0.5, 0.6) is 5.75 Å². The molecule has 5 nitrogen and oxygen atoms in total. The number of ether oxygens (including phenoxy) is 1. The van der Waals surface area contributed by atoms with Crippen molar-refractivity contribution in [2.75, 3.05) is 0 Å². The van der Waals surface area contributed by atoms with Gasteiger partial charge in [-0.3, -0.25) is 0 Å². The second-order valence-corrected chi connectivity index (χ2v) is 16.2. The first-order valence-corrected chi connectivity index (χ1v) is 15.6. The molecule has 0 bridgehead atoms. The molecule has 0 aliphatic rings. The Morgan fingerprint density at radius 1 is 0.917 bits per heavy atom. The lowest BCUT2D eigenvalue weighted by Gasteiger charge is -2.38. The maximum absolute atomic E-state index is 13.1. The van der Waals surface area contributed by atoms with Gasteiger partial charge in [-0.05, 0) is 55.4 Å². The number of fused-ring (bicyclic) bond motifs is 2. The highest BCUT2D eigenvalue weighted by Crippen LogP contribution is 2.41.